The standard InChI is InChI=1S/C18H24N2O/c1-13(2)21-17-9-5-8-16(12-17)18(20-19)11-15-7-4-6-14(3)10-15/h4-10,12-13,18,20H,11,19H2,1-3H3. The van der Waals surface area contributed by atoms with Crippen LogP contribution in [0.25, 0.3) is 0 Å². The number of hydrazine groups is 1. The largest absolute Gasteiger partial charge is 0.491 e. The normalized spacial score (nSPS) is 12.4. The fourth-order valence-corrected chi connectivity index (χ4v) is 2.42. The van der Waals surface area contributed by atoms with E-state index in [0.717, 1.165) is 17.7 Å². The topological polar surface area (TPSA) is 47.3 Å². The van der Waals surface area contributed by atoms with Crippen LogP contribution in [0.1, 0.15) is 36.6 Å². The SMILES string of the molecule is Cc1cccc(CC(NN)c2cccc(OC(C)C)c2)c1. The molecule has 0 amide bonds. The molecule has 112 valence electrons. The van der Waals surface area contributed by atoms with Crippen molar-refractivity contribution in [3.63, 3.8) is 0 Å². The summed E-state index contributed by atoms with van der Waals surface area (Å²) in [5.74, 6) is 6.63. The van der Waals surface area contributed by atoms with Crippen molar-refractivity contribution >= 4 is 0 Å². The Balaban J connectivity index is 2.17. The summed E-state index contributed by atoms with van der Waals surface area (Å²) in [6.07, 6.45) is 1.02. The third-order valence-corrected chi connectivity index (χ3v) is 3.36. The quantitative estimate of drug-likeness (QED) is 0.630. The summed E-state index contributed by atoms with van der Waals surface area (Å²) in [5, 5.41) is 0. The number of nitrogens with one attached hydrogen (secondary N) is 1. The molecule has 0 saturated carbocycles. The van der Waals surface area contributed by atoms with Gasteiger partial charge in [-0.15, -0.1) is 0 Å². The van der Waals surface area contributed by atoms with Gasteiger partial charge in [-0.1, -0.05) is 42.0 Å². The highest BCUT2D eigenvalue weighted by atomic mass is 16.5. The molecule has 0 spiro atoms. The van der Waals surface area contributed by atoms with E-state index in [4.69, 9.17) is 10.6 Å². The van der Waals surface area contributed by atoms with E-state index in [1.165, 1.54) is 11.1 Å². The number of nitrogens with two attached hydrogens (primary N) is 1. The Kier molecular flexibility index (Phi) is 5.37. The van der Waals surface area contributed by atoms with Gasteiger partial charge in [-0.2, -0.15) is 0 Å². The summed E-state index contributed by atoms with van der Waals surface area (Å²) in [4.78, 5) is 0. The minimum absolute atomic E-state index is 0.0718. The zero-order valence-electron chi connectivity index (χ0n) is 13.0. The van der Waals surface area contributed by atoms with E-state index >= 15 is 0 Å². The second-order valence-electron chi connectivity index (χ2n) is 5.65. The van der Waals surface area contributed by atoms with E-state index in [1.54, 1.807) is 0 Å². The number of benzene rings is 2. The summed E-state index contributed by atoms with van der Waals surface area (Å²) in [6.45, 7) is 6.15. The van der Waals surface area contributed by atoms with E-state index in [2.05, 4.69) is 48.7 Å². The summed E-state index contributed by atoms with van der Waals surface area (Å²) in [7, 11) is 0. The van der Waals surface area contributed by atoms with Gasteiger partial charge >= 0.3 is 0 Å². The molecule has 2 aromatic carbocycles. The Labute approximate surface area is 127 Å². The Morgan fingerprint density at radius 2 is 1.86 bits per heavy atom. The monoisotopic (exact) mass is 284 g/mol. The van der Waals surface area contributed by atoms with Crippen molar-refractivity contribution in [3.8, 4) is 5.75 Å². The highest BCUT2D eigenvalue weighted by molar-refractivity contribution is 5.32. The summed E-state index contributed by atoms with van der Waals surface area (Å²) in [5.41, 5.74) is 6.58. The van der Waals surface area contributed by atoms with E-state index in [1.807, 2.05) is 26.0 Å². The first-order valence-electron chi connectivity index (χ1n) is 7.37. The lowest BCUT2D eigenvalue weighted by atomic mass is 9.98. The number of rotatable bonds is 6. The van der Waals surface area contributed by atoms with Gasteiger partial charge < -0.3 is 4.74 Å². The molecule has 3 nitrogen and oxygen atoms in total. The molecule has 0 fully saturated rings. The van der Waals surface area contributed by atoms with Gasteiger partial charge in [0, 0.05) is 0 Å². The van der Waals surface area contributed by atoms with Crippen LogP contribution >= 0.6 is 0 Å². The van der Waals surface area contributed by atoms with E-state index in [9.17, 15) is 0 Å². The number of hydrogen-bond acceptors (Lipinski definition) is 3. The Morgan fingerprint density at radius 3 is 2.52 bits per heavy atom. The van der Waals surface area contributed by atoms with Crippen LogP contribution < -0.4 is 16.0 Å². The summed E-state index contributed by atoms with van der Waals surface area (Å²) < 4.78 is 5.75. The van der Waals surface area contributed by atoms with Crippen molar-refractivity contribution in [1.29, 1.82) is 0 Å². The zero-order chi connectivity index (χ0) is 15.2. The maximum Gasteiger partial charge on any atom is 0.120 e. The Bertz CT molecular complexity index is 581. The van der Waals surface area contributed by atoms with Gasteiger partial charge in [0.1, 0.15) is 5.75 Å². The van der Waals surface area contributed by atoms with Crippen LogP contribution in [-0.4, -0.2) is 6.10 Å². The lowest BCUT2D eigenvalue weighted by molar-refractivity contribution is 0.242. The highest BCUT2D eigenvalue weighted by Crippen LogP contribution is 2.23. The molecule has 0 aliphatic carbocycles. The van der Waals surface area contributed by atoms with Gasteiger partial charge in [-0.3, -0.25) is 11.3 Å². The first-order chi connectivity index (χ1) is 10.1. The van der Waals surface area contributed by atoms with Crippen molar-refractivity contribution in [2.75, 3.05) is 0 Å². The molecule has 0 aliphatic heterocycles. The van der Waals surface area contributed by atoms with Crippen molar-refractivity contribution in [1.82, 2.24) is 5.43 Å². The van der Waals surface area contributed by atoms with Crippen LogP contribution in [-0.2, 0) is 6.42 Å². The second kappa shape index (κ2) is 7.25. The van der Waals surface area contributed by atoms with Crippen molar-refractivity contribution in [3.05, 3.63) is 65.2 Å². The molecule has 1 unspecified atom stereocenters. The van der Waals surface area contributed by atoms with Crippen LogP contribution in [0.2, 0.25) is 0 Å². The fourth-order valence-electron chi connectivity index (χ4n) is 2.42. The minimum atomic E-state index is 0.0718. The molecule has 0 heterocycles. The predicted octanol–water partition coefficient (Wildman–Crippen LogP) is 3.53. The smallest absolute Gasteiger partial charge is 0.120 e. The molecule has 3 heteroatoms. The third-order valence-electron chi connectivity index (χ3n) is 3.36. The molecule has 0 bridgehead atoms. The molecule has 0 aliphatic rings. The molecule has 0 saturated heterocycles. The predicted molar refractivity (Wildman–Crippen MR) is 87.2 cm³/mol. The molecule has 21 heavy (non-hydrogen) atoms. The Hall–Kier alpha value is -1.84. The Morgan fingerprint density at radius 1 is 1.10 bits per heavy atom. The molecule has 0 aromatic heterocycles. The summed E-state index contributed by atoms with van der Waals surface area (Å²) in [6, 6.07) is 16.7. The first-order valence-corrected chi connectivity index (χ1v) is 7.37. The number of aryl methyl sites for hydroxylation is 1. The molecule has 3 N–H and O–H groups in total. The molecule has 2 aromatic rings. The van der Waals surface area contributed by atoms with E-state index < -0.39 is 0 Å². The van der Waals surface area contributed by atoms with Crippen LogP contribution in [0.5, 0.6) is 5.75 Å². The minimum Gasteiger partial charge on any atom is -0.491 e. The lowest BCUT2D eigenvalue weighted by Crippen LogP contribution is -2.29. The van der Waals surface area contributed by atoms with Crippen molar-refractivity contribution in [2.45, 2.75) is 39.3 Å². The van der Waals surface area contributed by atoms with Crippen molar-refractivity contribution in [2.24, 2.45) is 5.84 Å². The average molecular weight is 284 g/mol. The van der Waals surface area contributed by atoms with Crippen LogP contribution in [0.3, 0.4) is 0 Å². The van der Waals surface area contributed by atoms with Crippen molar-refractivity contribution < 1.29 is 4.74 Å². The van der Waals surface area contributed by atoms with Gasteiger partial charge in [0.05, 0.1) is 12.1 Å². The number of ether oxygens (including phenoxy) is 1. The van der Waals surface area contributed by atoms with Gasteiger partial charge in [0.2, 0.25) is 0 Å². The second-order valence-corrected chi connectivity index (χ2v) is 5.65. The summed E-state index contributed by atoms with van der Waals surface area (Å²) >= 11 is 0. The highest BCUT2D eigenvalue weighted by Gasteiger charge is 2.12. The van der Waals surface area contributed by atoms with Gasteiger partial charge in [-0.05, 0) is 50.5 Å². The van der Waals surface area contributed by atoms with E-state index in [-0.39, 0.29) is 12.1 Å². The average Bonchev–Trinajstić information content (AvgIpc) is 2.44. The molecule has 2 rings (SSSR count). The zero-order valence-corrected chi connectivity index (χ0v) is 13.0. The first kappa shape index (κ1) is 15.5. The fraction of sp³-hybridized carbons (Fsp3) is 0.333. The molecular formula is C18H24N2O. The van der Waals surface area contributed by atoms with E-state index in [0.29, 0.717) is 0 Å². The molecular weight excluding hydrogens is 260 g/mol. The third kappa shape index (κ3) is 4.59. The van der Waals surface area contributed by atoms with Gasteiger partial charge in [0.25, 0.3) is 0 Å². The van der Waals surface area contributed by atoms with Gasteiger partial charge in [-0.25, -0.2) is 0 Å². The van der Waals surface area contributed by atoms with Gasteiger partial charge in [0.15, 0.2) is 0 Å². The number of hydrogen-bond donors (Lipinski definition) is 2. The van der Waals surface area contributed by atoms with Crippen LogP contribution in [0, 0.1) is 6.92 Å². The van der Waals surface area contributed by atoms with Crippen LogP contribution in [0.15, 0.2) is 48.5 Å². The van der Waals surface area contributed by atoms with Crippen LogP contribution in [0.4, 0.5) is 0 Å². The molecule has 0 radical (unpaired) electrons. The maximum absolute atomic E-state index is 5.75. The maximum atomic E-state index is 5.75. The lowest BCUT2D eigenvalue weighted by Gasteiger charge is -2.18. The molecule has 1 atom stereocenters.